The highest BCUT2D eigenvalue weighted by molar-refractivity contribution is 5.99. The van der Waals surface area contributed by atoms with Gasteiger partial charge in [-0.05, 0) is 32.9 Å². The summed E-state index contributed by atoms with van der Waals surface area (Å²) in [5.74, 6) is -0.886. The van der Waals surface area contributed by atoms with Crippen molar-refractivity contribution in [3.63, 3.8) is 0 Å². The van der Waals surface area contributed by atoms with E-state index in [-0.39, 0.29) is 17.3 Å². The van der Waals surface area contributed by atoms with E-state index in [2.05, 4.69) is 10.5 Å². The maximum absolute atomic E-state index is 12.4. The number of anilines is 1. The molecule has 1 aromatic heterocycles. The van der Waals surface area contributed by atoms with Crippen molar-refractivity contribution in [2.75, 3.05) is 5.32 Å². The Bertz CT molecular complexity index is 838. The van der Waals surface area contributed by atoms with Crippen molar-refractivity contribution in [2.24, 2.45) is 0 Å². The number of aromatic nitrogens is 1. The minimum absolute atomic E-state index is 0.0443. The average Bonchev–Trinajstić information content (AvgIpc) is 2.96. The molecule has 0 aliphatic rings. The van der Waals surface area contributed by atoms with E-state index >= 15 is 0 Å². The zero-order valence-electron chi connectivity index (χ0n) is 15.5. The molecule has 0 unspecified atom stereocenters. The summed E-state index contributed by atoms with van der Waals surface area (Å²) in [5, 5.41) is 6.43. The molecule has 1 heterocycles. The monoisotopic (exact) mass is 358 g/mol. The van der Waals surface area contributed by atoms with Crippen LogP contribution in [-0.4, -0.2) is 28.9 Å². The Kier molecular flexibility index (Phi) is 5.92. The Morgan fingerprint density at radius 2 is 1.88 bits per heavy atom. The first-order valence-electron chi connectivity index (χ1n) is 8.29. The first-order chi connectivity index (χ1) is 12.2. The van der Waals surface area contributed by atoms with Crippen LogP contribution in [0.4, 0.5) is 5.69 Å². The lowest BCUT2D eigenvalue weighted by molar-refractivity contribution is -0.123. The number of ketones is 1. The highest BCUT2D eigenvalue weighted by Crippen LogP contribution is 2.23. The number of nitrogens with one attached hydrogen (secondary N) is 1. The summed E-state index contributed by atoms with van der Waals surface area (Å²) < 4.78 is 10.4. The first-order valence-corrected chi connectivity index (χ1v) is 8.29. The molecule has 26 heavy (non-hydrogen) atoms. The van der Waals surface area contributed by atoms with Gasteiger partial charge in [0, 0.05) is 17.2 Å². The quantitative estimate of drug-likeness (QED) is 0.627. The Morgan fingerprint density at radius 3 is 2.50 bits per heavy atom. The minimum Gasteiger partial charge on any atom is -0.449 e. The summed E-state index contributed by atoms with van der Waals surface area (Å²) >= 11 is 0. The fourth-order valence-electron chi connectivity index (χ4n) is 2.36. The molecule has 1 atom stereocenters. The molecule has 0 bridgehead atoms. The highest BCUT2D eigenvalue weighted by atomic mass is 16.5. The van der Waals surface area contributed by atoms with Crippen LogP contribution >= 0.6 is 0 Å². The Labute approximate surface area is 151 Å². The lowest BCUT2D eigenvalue weighted by atomic mass is 10.1. The molecule has 138 valence electrons. The van der Waals surface area contributed by atoms with Gasteiger partial charge in [0.05, 0.1) is 5.69 Å². The molecule has 0 saturated carbocycles. The third-order valence-electron chi connectivity index (χ3n) is 3.81. The molecule has 2 aromatic rings. The Hall–Kier alpha value is -2.96. The standard InChI is InChI=1S/C19H22N2O5/c1-10(2)17-16(11(3)21-26-17)19(24)25-13(5)18(23)20-15-8-6-7-14(9-15)12(4)22/h6-10,13H,1-5H3,(H,20,23)/t13-/m0/s1. The third kappa shape index (κ3) is 4.36. The Morgan fingerprint density at radius 1 is 1.19 bits per heavy atom. The second-order valence-corrected chi connectivity index (χ2v) is 6.34. The normalized spacial score (nSPS) is 11.9. The molecule has 0 aliphatic heterocycles. The number of esters is 1. The van der Waals surface area contributed by atoms with Gasteiger partial charge in [-0.1, -0.05) is 31.1 Å². The van der Waals surface area contributed by atoms with Gasteiger partial charge in [-0.25, -0.2) is 4.79 Å². The van der Waals surface area contributed by atoms with E-state index in [1.54, 1.807) is 31.2 Å². The van der Waals surface area contributed by atoms with E-state index in [4.69, 9.17) is 9.26 Å². The van der Waals surface area contributed by atoms with Crippen molar-refractivity contribution in [3.05, 3.63) is 46.8 Å². The van der Waals surface area contributed by atoms with Crippen molar-refractivity contribution in [1.82, 2.24) is 5.16 Å². The Balaban J connectivity index is 2.08. The minimum atomic E-state index is -1.03. The topological polar surface area (TPSA) is 98.5 Å². The maximum atomic E-state index is 12.4. The predicted molar refractivity (Wildman–Crippen MR) is 95.3 cm³/mol. The smallest absolute Gasteiger partial charge is 0.344 e. The van der Waals surface area contributed by atoms with E-state index in [9.17, 15) is 14.4 Å². The second kappa shape index (κ2) is 7.95. The van der Waals surface area contributed by atoms with E-state index < -0.39 is 18.0 Å². The molecule has 1 amide bonds. The summed E-state index contributed by atoms with van der Waals surface area (Å²) in [6.45, 7) is 8.30. The molecular formula is C19H22N2O5. The van der Waals surface area contributed by atoms with Gasteiger partial charge in [0.1, 0.15) is 5.56 Å². The molecule has 1 aromatic carbocycles. The lowest BCUT2D eigenvalue weighted by Gasteiger charge is -2.14. The maximum Gasteiger partial charge on any atom is 0.344 e. The number of ether oxygens (including phenoxy) is 1. The number of nitrogens with zero attached hydrogens (tertiary/aromatic N) is 1. The van der Waals surface area contributed by atoms with Gasteiger partial charge in [-0.3, -0.25) is 9.59 Å². The van der Waals surface area contributed by atoms with E-state index in [1.165, 1.54) is 13.8 Å². The van der Waals surface area contributed by atoms with Gasteiger partial charge < -0.3 is 14.6 Å². The summed E-state index contributed by atoms with van der Waals surface area (Å²) in [5.41, 5.74) is 1.60. The van der Waals surface area contributed by atoms with Gasteiger partial charge in [-0.2, -0.15) is 0 Å². The predicted octanol–water partition coefficient (Wildman–Crippen LogP) is 3.49. The van der Waals surface area contributed by atoms with E-state index in [0.717, 1.165) is 0 Å². The third-order valence-corrected chi connectivity index (χ3v) is 3.81. The van der Waals surface area contributed by atoms with Gasteiger partial charge in [0.25, 0.3) is 5.91 Å². The molecule has 7 nitrogen and oxygen atoms in total. The number of aryl methyl sites for hydroxylation is 1. The van der Waals surface area contributed by atoms with Crippen LogP contribution in [0.5, 0.6) is 0 Å². The van der Waals surface area contributed by atoms with E-state index in [1.807, 2.05) is 13.8 Å². The number of Topliss-reactive ketones (excluding diaryl/α,β-unsaturated/α-hetero) is 1. The number of hydrogen-bond acceptors (Lipinski definition) is 6. The fraction of sp³-hybridized carbons (Fsp3) is 0.368. The number of rotatable bonds is 6. The van der Waals surface area contributed by atoms with Crippen LogP contribution in [0.25, 0.3) is 0 Å². The van der Waals surface area contributed by atoms with Gasteiger partial charge >= 0.3 is 5.97 Å². The average molecular weight is 358 g/mol. The zero-order chi connectivity index (χ0) is 19.4. The molecule has 7 heteroatoms. The highest BCUT2D eigenvalue weighted by Gasteiger charge is 2.27. The van der Waals surface area contributed by atoms with E-state index in [0.29, 0.717) is 22.7 Å². The number of benzene rings is 1. The van der Waals surface area contributed by atoms with Crippen molar-refractivity contribution in [3.8, 4) is 0 Å². The largest absolute Gasteiger partial charge is 0.449 e. The van der Waals surface area contributed by atoms with Crippen molar-refractivity contribution in [1.29, 1.82) is 0 Å². The molecular weight excluding hydrogens is 336 g/mol. The second-order valence-electron chi connectivity index (χ2n) is 6.34. The molecule has 0 aliphatic carbocycles. The number of hydrogen-bond donors (Lipinski definition) is 1. The number of carbonyl (C=O) groups is 3. The summed E-state index contributed by atoms with van der Waals surface area (Å²) in [7, 11) is 0. The van der Waals surface area contributed by atoms with Gasteiger partial charge in [0.2, 0.25) is 0 Å². The van der Waals surface area contributed by atoms with Gasteiger partial charge in [0.15, 0.2) is 17.6 Å². The SMILES string of the molecule is CC(=O)c1cccc(NC(=O)[C@H](C)OC(=O)c2c(C)noc2C(C)C)c1. The number of carbonyl (C=O) groups excluding carboxylic acids is 3. The summed E-state index contributed by atoms with van der Waals surface area (Å²) in [6.07, 6.45) is -1.03. The first kappa shape index (κ1) is 19.4. The molecule has 0 radical (unpaired) electrons. The summed E-state index contributed by atoms with van der Waals surface area (Å²) in [6, 6.07) is 6.54. The van der Waals surface area contributed by atoms with Crippen molar-refractivity contribution < 1.29 is 23.6 Å². The molecule has 0 fully saturated rings. The van der Waals surface area contributed by atoms with Crippen molar-refractivity contribution in [2.45, 2.75) is 46.6 Å². The summed E-state index contributed by atoms with van der Waals surface area (Å²) in [4.78, 5) is 36.1. The molecule has 0 spiro atoms. The van der Waals surface area contributed by atoms with Crippen LogP contribution in [0, 0.1) is 6.92 Å². The van der Waals surface area contributed by atoms with Crippen LogP contribution in [0.3, 0.4) is 0 Å². The fourth-order valence-corrected chi connectivity index (χ4v) is 2.36. The van der Waals surface area contributed by atoms with Crippen LogP contribution in [0.1, 0.15) is 65.8 Å². The molecule has 1 N–H and O–H groups in total. The van der Waals surface area contributed by atoms with Crippen molar-refractivity contribution >= 4 is 23.3 Å². The molecule has 0 saturated heterocycles. The van der Waals surface area contributed by atoms with Crippen LogP contribution < -0.4 is 5.32 Å². The van der Waals surface area contributed by atoms with Crippen LogP contribution in [0.15, 0.2) is 28.8 Å². The van der Waals surface area contributed by atoms with Crippen LogP contribution in [0.2, 0.25) is 0 Å². The lowest BCUT2D eigenvalue weighted by Crippen LogP contribution is -2.30. The molecule has 2 rings (SSSR count). The van der Waals surface area contributed by atoms with Crippen LogP contribution in [-0.2, 0) is 9.53 Å². The number of amides is 1. The zero-order valence-corrected chi connectivity index (χ0v) is 15.5. The van der Waals surface area contributed by atoms with Gasteiger partial charge in [-0.15, -0.1) is 0 Å².